The predicted octanol–water partition coefficient (Wildman–Crippen LogP) is 14.6. The number of esters is 1. The second-order valence-electron chi connectivity index (χ2n) is 19.8. The highest BCUT2D eigenvalue weighted by atomic mass is 16.5. The minimum Gasteiger partial charge on any atom is -0.466 e. The first-order valence-electron chi connectivity index (χ1n) is 28.1. The van der Waals surface area contributed by atoms with Crippen LogP contribution in [-0.2, 0) is 14.3 Å². The van der Waals surface area contributed by atoms with E-state index in [2.05, 4.69) is 54.2 Å². The largest absolute Gasteiger partial charge is 0.466 e. The van der Waals surface area contributed by atoms with Crippen LogP contribution in [0, 0.1) is 5.92 Å². The van der Waals surface area contributed by atoms with Gasteiger partial charge < -0.3 is 19.4 Å². The minimum atomic E-state index is -0.0365. The summed E-state index contributed by atoms with van der Waals surface area (Å²) >= 11 is 0. The molecule has 1 fully saturated rings. The number of carbonyl (C=O) groups excluding carboxylic acids is 2. The van der Waals surface area contributed by atoms with Gasteiger partial charge in [0.05, 0.1) is 13.2 Å². The van der Waals surface area contributed by atoms with Crippen LogP contribution in [0.5, 0.6) is 0 Å². The fourth-order valence-corrected chi connectivity index (χ4v) is 9.45. The highest BCUT2D eigenvalue weighted by Crippen LogP contribution is 2.20. The van der Waals surface area contributed by atoms with Gasteiger partial charge in [0.1, 0.15) is 0 Å². The van der Waals surface area contributed by atoms with Crippen LogP contribution < -0.4 is 0 Å². The number of carbonyl (C=O) groups is 2. The Kier molecular flexibility index (Phi) is 42.7. The van der Waals surface area contributed by atoms with Crippen molar-refractivity contribution in [1.29, 1.82) is 0 Å². The number of unbranched alkanes of at least 4 members (excludes halogenated alkanes) is 27. The Balaban J connectivity index is 2.82. The molecule has 7 heteroatoms. The predicted molar refractivity (Wildman–Crippen MR) is 270 cm³/mol. The number of nitrogens with zero attached hydrogens (tertiary/aromatic N) is 4. The smallest absolute Gasteiger partial charge is 0.305 e. The second-order valence-corrected chi connectivity index (χ2v) is 19.8. The summed E-state index contributed by atoms with van der Waals surface area (Å²) in [5.41, 5.74) is 0. The molecule has 1 aliphatic heterocycles. The van der Waals surface area contributed by atoms with Gasteiger partial charge in [0.2, 0.25) is 5.91 Å². The average Bonchev–Trinajstić information content (AvgIpc) is 3.75. The molecular formula is C55H110N4O3. The fourth-order valence-electron chi connectivity index (χ4n) is 9.45. The molecule has 0 radical (unpaired) electrons. The van der Waals surface area contributed by atoms with Crippen molar-refractivity contribution in [2.24, 2.45) is 5.92 Å². The van der Waals surface area contributed by atoms with Crippen molar-refractivity contribution in [2.75, 3.05) is 78.6 Å². The third-order valence-electron chi connectivity index (χ3n) is 13.7. The van der Waals surface area contributed by atoms with Crippen molar-refractivity contribution in [1.82, 2.24) is 19.6 Å². The number of hydrogen-bond acceptors (Lipinski definition) is 6. The number of hydrogen-bond donors (Lipinski definition) is 0. The molecule has 0 bridgehead atoms. The number of likely N-dealkylation sites (tertiary alicyclic amines) is 1. The summed E-state index contributed by atoms with van der Waals surface area (Å²) in [4.78, 5) is 36.7. The molecule has 62 heavy (non-hydrogen) atoms. The molecule has 0 aromatic heterocycles. The van der Waals surface area contributed by atoms with E-state index >= 15 is 0 Å². The second kappa shape index (κ2) is 45.0. The molecule has 1 unspecified atom stereocenters. The van der Waals surface area contributed by atoms with E-state index in [0.717, 1.165) is 84.5 Å². The molecule has 0 saturated carbocycles. The van der Waals surface area contributed by atoms with Crippen LogP contribution in [0.25, 0.3) is 0 Å². The van der Waals surface area contributed by atoms with Crippen LogP contribution in [0.3, 0.4) is 0 Å². The van der Waals surface area contributed by atoms with E-state index in [1.807, 2.05) is 0 Å². The molecule has 1 amide bonds. The van der Waals surface area contributed by atoms with Crippen molar-refractivity contribution in [2.45, 2.75) is 259 Å². The number of amides is 1. The maximum atomic E-state index is 14.1. The molecule has 1 atom stereocenters. The van der Waals surface area contributed by atoms with Gasteiger partial charge >= 0.3 is 5.97 Å². The standard InChI is InChI=1S/C55H110N4O3/c1-6-11-16-20-24-28-32-35-43-57(45-38-39-55(61)62-49-37-15-10-5)50-53-40-46-59(51-53)54(60)52-58(44-36-31-27-23-19-14-9-4)48-47-56(41-33-29-25-21-17-12-7-2)42-34-30-26-22-18-13-8-3/h53H,6-52H2,1-5H3. The van der Waals surface area contributed by atoms with Gasteiger partial charge in [0.25, 0.3) is 0 Å². The summed E-state index contributed by atoms with van der Waals surface area (Å²) < 4.78 is 5.53. The summed E-state index contributed by atoms with van der Waals surface area (Å²) in [5, 5.41) is 0. The topological polar surface area (TPSA) is 56.3 Å². The van der Waals surface area contributed by atoms with E-state index in [-0.39, 0.29) is 5.97 Å². The molecule has 0 aliphatic carbocycles. The van der Waals surface area contributed by atoms with E-state index in [1.165, 1.54) is 199 Å². The Morgan fingerprint density at radius 3 is 1.27 bits per heavy atom. The SMILES string of the molecule is CCCCCCCCCCN(CCCC(=O)OCCCCC)CC1CCN(C(=O)CN(CCCCCCCCC)CCN(CCCCCCCCC)CCCCCCCCC)C1. The number of rotatable bonds is 48. The zero-order valence-electron chi connectivity index (χ0n) is 42.8. The summed E-state index contributed by atoms with van der Waals surface area (Å²) in [7, 11) is 0. The van der Waals surface area contributed by atoms with Crippen molar-refractivity contribution in [3.8, 4) is 0 Å². The third-order valence-corrected chi connectivity index (χ3v) is 13.7. The van der Waals surface area contributed by atoms with Gasteiger partial charge in [-0.05, 0) is 83.6 Å². The lowest BCUT2D eigenvalue weighted by molar-refractivity contribution is -0.144. The highest BCUT2D eigenvalue weighted by Gasteiger charge is 2.28. The summed E-state index contributed by atoms with van der Waals surface area (Å²) in [5.74, 6) is 0.831. The molecule has 0 N–H and O–H groups in total. The zero-order chi connectivity index (χ0) is 45.0. The van der Waals surface area contributed by atoms with Gasteiger partial charge in [-0.2, -0.15) is 0 Å². The molecular weight excluding hydrogens is 765 g/mol. The Labute approximate surface area is 388 Å². The minimum absolute atomic E-state index is 0.0365. The van der Waals surface area contributed by atoms with Crippen molar-refractivity contribution in [3.63, 3.8) is 0 Å². The van der Waals surface area contributed by atoms with Gasteiger partial charge in [-0.15, -0.1) is 0 Å². The van der Waals surface area contributed by atoms with Crippen LogP contribution in [-0.4, -0.2) is 110 Å². The van der Waals surface area contributed by atoms with Gasteiger partial charge in [-0.1, -0.05) is 208 Å². The Morgan fingerprint density at radius 1 is 0.435 bits per heavy atom. The molecule has 1 rings (SSSR count). The van der Waals surface area contributed by atoms with E-state index in [4.69, 9.17) is 4.74 Å². The van der Waals surface area contributed by atoms with Crippen molar-refractivity contribution in [3.05, 3.63) is 0 Å². The van der Waals surface area contributed by atoms with E-state index in [0.29, 0.717) is 31.4 Å². The lowest BCUT2D eigenvalue weighted by Crippen LogP contribution is -2.43. The highest BCUT2D eigenvalue weighted by molar-refractivity contribution is 5.78. The molecule has 1 heterocycles. The first-order chi connectivity index (χ1) is 30.5. The first-order valence-corrected chi connectivity index (χ1v) is 28.1. The molecule has 7 nitrogen and oxygen atoms in total. The van der Waals surface area contributed by atoms with Gasteiger partial charge in [0.15, 0.2) is 0 Å². The molecule has 0 aromatic carbocycles. The van der Waals surface area contributed by atoms with Gasteiger partial charge in [-0.25, -0.2) is 0 Å². The Bertz CT molecular complexity index is 947. The quantitative estimate of drug-likeness (QED) is 0.0448. The lowest BCUT2D eigenvalue weighted by Gasteiger charge is -2.29. The first kappa shape index (κ1) is 58.8. The maximum Gasteiger partial charge on any atom is 0.305 e. The number of ether oxygens (including phenoxy) is 1. The van der Waals surface area contributed by atoms with Gasteiger partial charge in [-0.3, -0.25) is 14.5 Å². The van der Waals surface area contributed by atoms with Crippen LogP contribution in [0.4, 0.5) is 0 Å². The summed E-state index contributed by atoms with van der Waals surface area (Å²) in [6, 6.07) is 0. The van der Waals surface area contributed by atoms with E-state index < -0.39 is 0 Å². The molecule has 368 valence electrons. The van der Waals surface area contributed by atoms with Crippen LogP contribution in [0.1, 0.15) is 259 Å². The van der Waals surface area contributed by atoms with Crippen LogP contribution in [0.15, 0.2) is 0 Å². The monoisotopic (exact) mass is 875 g/mol. The van der Waals surface area contributed by atoms with E-state index in [1.54, 1.807) is 0 Å². The third kappa shape index (κ3) is 36.1. The molecule has 0 spiro atoms. The summed E-state index contributed by atoms with van der Waals surface area (Å²) in [6.07, 6.45) is 44.6. The van der Waals surface area contributed by atoms with Crippen molar-refractivity contribution >= 4 is 11.9 Å². The lowest BCUT2D eigenvalue weighted by atomic mass is 10.1. The van der Waals surface area contributed by atoms with Crippen LogP contribution >= 0.6 is 0 Å². The maximum absolute atomic E-state index is 14.1. The Morgan fingerprint density at radius 2 is 0.806 bits per heavy atom. The van der Waals surface area contributed by atoms with Crippen LogP contribution in [0.2, 0.25) is 0 Å². The fraction of sp³-hybridized carbons (Fsp3) is 0.964. The molecule has 1 saturated heterocycles. The van der Waals surface area contributed by atoms with Crippen molar-refractivity contribution < 1.29 is 14.3 Å². The Hall–Kier alpha value is -1.18. The normalized spacial score (nSPS) is 14.3. The van der Waals surface area contributed by atoms with Gasteiger partial charge in [0, 0.05) is 39.1 Å². The zero-order valence-corrected chi connectivity index (χ0v) is 42.8. The van der Waals surface area contributed by atoms with E-state index in [9.17, 15) is 9.59 Å². The molecule has 0 aromatic rings. The molecule has 1 aliphatic rings. The average molecular weight is 876 g/mol. The summed E-state index contributed by atoms with van der Waals surface area (Å²) in [6.45, 7) is 23.0.